The van der Waals surface area contributed by atoms with Gasteiger partial charge in [0.15, 0.2) is 0 Å². The van der Waals surface area contributed by atoms with Gasteiger partial charge in [-0.25, -0.2) is 0 Å². The lowest BCUT2D eigenvalue weighted by Crippen LogP contribution is -2.19. The Morgan fingerprint density at radius 1 is 0.773 bits per heavy atom. The van der Waals surface area contributed by atoms with Crippen LogP contribution in [0.2, 0.25) is 0 Å². The molecule has 22 heavy (non-hydrogen) atoms. The van der Waals surface area contributed by atoms with Crippen molar-refractivity contribution in [3.05, 3.63) is 0 Å². The molecular weight excluding hydrogens is 312 g/mol. The van der Waals surface area contributed by atoms with E-state index in [1.54, 1.807) is 21.6 Å². The molecule has 134 valence electrons. The summed E-state index contributed by atoms with van der Waals surface area (Å²) in [5, 5.41) is 19.6. The third-order valence-corrected chi connectivity index (χ3v) is 7.46. The van der Waals surface area contributed by atoms with Crippen LogP contribution in [0.15, 0.2) is 0 Å². The minimum absolute atomic E-state index is 0.207. The van der Waals surface area contributed by atoms with Crippen molar-refractivity contribution in [3.8, 4) is 0 Å². The van der Waals surface area contributed by atoms with Crippen molar-refractivity contribution >= 4 is 21.6 Å². The summed E-state index contributed by atoms with van der Waals surface area (Å²) < 4.78 is 0. The van der Waals surface area contributed by atoms with E-state index in [9.17, 15) is 5.11 Å². The van der Waals surface area contributed by atoms with E-state index in [-0.39, 0.29) is 23.2 Å². The first-order valence-electron chi connectivity index (χ1n) is 9.22. The van der Waals surface area contributed by atoms with E-state index < -0.39 is 0 Å². The highest BCUT2D eigenvalue weighted by molar-refractivity contribution is 8.77. The Morgan fingerprint density at radius 2 is 1.27 bits per heavy atom. The first kappa shape index (κ1) is 22.6. The van der Waals surface area contributed by atoms with Crippen molar-refractivity contribution in [2.75, 3.05) is 6.61 Å². The number of unbranched alkanes of at least 4 members (excludes halogenated alkanes) is 9. The molecule has 0 aromatic carbocycles. The lowest BCUT2D eigenvalue weighted by Gasteiger charge is -2.19. The van der Waals surface area contributed by atoms with Crippen LogP contribution >= 0.6 is 21.6 Å². The fraction of sp³-hybridized carbons (Fsp3) is 1.00. The maximum absolute atomic E-state index is 10.1. The van der Waals surface area contributed by atoms with Crippen molar-refractivity contribution in [1.82, 2.24) is 0 Å². The highest BCUT2D eigenvalue weighted by Crippen LogP contribution is 2.33. The molecule has 0 saturated heterocycles. The van der Waals surface area contributed by atoms with Crippen LogP contribution in [0.1, 0.15) is 91.4 Å². The Balaban J connectivity index is 3.35. The van der Waals surface area contributed by atoms with Gasteiger partial charge in [0.2, 0.25) is 0 Å². The Kier molecular flexibility index (Phi) is 16.9. The van der Waals surface area contributed by atoms with Crippen molar-refractivity contribution in [2.24, 2.45) is 0 Å². The number of hydrogen-bond donors (Lipinski definition) is 2. The van der Waals surface area contributed by atoms with Crippen LogP contribution in [0.3, 0.4) is 0 Å². The number of hydrogen-bond acceptors (Lipinski definition) is 4. The van der Waals surface area contributed by atoms with E-state index in [4.69, 9.17) is 5.11 Å². The van der Waals surface area contributed by atoms with Gasteiger partial charge in [0, 0.05) is 10.5 Å². The van der Waals surface area contributed by atoms with Gasteiger partial charge < -0.3 is 10.2 Å². The first-order valence-corrected chi connectivity index (χ1v) is 11.5. The lowest BCUT2D eigenvalue weighted by molar-refractivity contribution is 0.162. The van der Waals surface area contributed by atoms with Gasteiger partial charge in [-0.15, -0.1) is 0 Å². The molecule has 0 aliphatic carbocycles. The van der Waals surface area contributed by atoms with Crippen LogP contribution in [-0.4, -0.2) is 33.4 Å². The van der Waals surface area contributed by atoms with E-state index in [0.717, 1.165) is 12.8 Å². The summed E-state index contributed by atoms with van der Waals surface area (Å²) in [6, 6.07) is 0. The molecule has 0 saturated carbocycles. The second kappa shape index (κ2) is 16.5. The molecule has 0 aliphatic rings. The second-order valence-electron chi connectivity index (χ2n) is 6.43. The Bertz CT molecular complexity index is 227. The van der Waals surface area contributed by atoms with Gasteiger partial charge in [0.25, 0.3) is 0 Å². The molecule has 2 N–H and O–H groups in total. The van der Waals surface area contributed by atoms with Crippen molar-refractivity contribution < 1.29 is 10.2 Å². The van der Waals surface area contributed by atoms with Gasteiger partial charge in [0.1, 0.15) is 0 Å². The topological polar surface area (TPSA) is 40.5 Å². The summed E-state index contributed by atoms with van der Waals surface area (Å²) in [5.41, 5.74) is 0. The molecular formula is C18H38O2S2. The summed E-state index contributed by atoms with van der Waals surface area (Å²) in [5.74, 6) is 0. The quantitative estimate of drug-likeness (QED) is 0.272. The zero-order valence-corrected chi connectivity index (χ0v) is 16.6. The maximum atomic E-state index is 10.1. The van der Waals surface area contributed by atoms with Crippen LogP contribution in [0.25, 0.3) is 0 Å². The van der Waals surface area contributed by atoms with Crippen LogP contribution in [-0.2, 0) is 0 Å². The van der Waals surface area contributed by atoms with E-state index >= 15 is 0 Å². The molecule has 3 unspecified atom stereocenters. The molecule has 0 radical (unpaired) electrons. The van der Waals surface area contributed by atoms with Gasteiger partial charge in [-0.2, -0.15) is 0 Å². The molecule has 0 aromatic rings. The second-order valence-corrected chi connectivity index (χ2v) is 9.52. The van der Waals surface area contributed by atoms with E-state index in [2.05, 4.69) is 13.8 Å². The molecule has 0 heterocycles. The Morgan fingerprint density at radius 3 is 1.77 bits per heavy atom. The smallest absolute Gasteiger partial charge is 0.0664 e. The van der Waals surface area contributed by atoms with Gasteiger partial charge in [-0.3, -0.25) is 0 Å². The summed E-state index contributed by atoms with van der Waals surface area (Å²) >= 11 is 0. The molecule has 0 amide bonds. The van der Waals surface area contributed by atoms with E-state index in [0.29, 0.717) is 0 Å². The zero-order chi connectivity index (χ0) is 16.6. The van der Waals surface area contributed by atoms with E-state index in [1.807, 2.05) is 6.92 Å². The molecule has 0 bridgehead atoms. The van der Waals surface area contributed by atoms with Crippen molar-refractivity contribution in [3.63, 3.8) is 0 Å². The zero-order valence-electron chi connectivity index (χ0n) is 14.9. The highest BCUT2D eigenvalue weighted by atomic mass is 33.1. The minimum Gasteiger partial charge on any atom is -0.395 e. The van der Waals surface area contributed by atoms with Crippen LogP contribution in [0.4, 0.5) is 0 Å². The van der Waals surface area contributed by atoms with Crippen LogP contribution in [0.5, 0.6) is 0 Å². The predicted octanol–water partition coefficient (Wildman–Crippen LogP) is 5.81. The normalized spacial score (nSPS) is 15.7. The summed E-state index contributed by atoms with van der Waals surface area (Å²) in [6.45, 7) is 6.57. The molecule has 0 aromatic heterocycles. The fourth-order valence-electron chi connectivity index (χ4n) is 2.35. The highest BCUT2D eigenvalue weighted by Gasteiger charge is 2.16. The molecule has 0 spiro atoms. The van der Waals surface area contributed by atoms with Gasteiger partial charge >= 0.3 is 0 Å². The maximum Gasteiger partial charge on any atom is 0.0664 e. The third-order valence-electron chi connectivity index (χ3n) is 4.02. The van der Waals surface area contributed by atoms with Gasteiger partial charge in [-0.05, 0) is 13.3 Å². The Labute approximate surface area is 146 Å². The average molecular weight is 351 g/mol. The molecule has 0 rings (SSSR count). The van der Waals surface area contributed by atoms with Crippen molar-refractivity contribution in [1.29, 1.82) is 0 Å². The van der Waals surface area contributed by atoms with Crippen molar-refractivity contribution in [2.45, 2.75) is 108 Å². The molecule has 0 fully saturated rings. The van der Waals surface area contributed by atoms with Gasteiger partial charge in [-0.1, -0.05) is 99.6 Å². The summed E-state index contributed by atoms with van der Waals surface area (Å²) in [4.78, 5) is 0. The largest absolute Gasteiger partial charge is 0.395 e. The standard InChI is InChI=1S/C18H38O2S2/c1-4-5-6-7-8-9-10-11-12-13-14-18(20)17(3)22-21-16(2)15-19/h16-20H,4-15H2,1-3H3. The number of aliphatic hydroxyl groups is 2. The van der Waals surface area contributed by atoms with Crippen LogP contribution in [0, 0.1) is 0 Å². The van der Waals surface area contributed by atoms with Crippen LogP contribution < -0.4 is 0 Å². The molecule has 3 atom stereocenters. The minimum atomic E-state index is -0.211. The van der Waals surface area contributed by atoms with E-state index in [1.165, 1.54) is 57.8 Å². The number of aliphatic hydroxyl groups excluding tert-OH is 2. The fourth-order valence-corrected chi connectivity index (χ4v) is 4.70. The SMILES string of the molecule is CCCCCCCCCCCCC(O)C(C)SSC(C)CO. The lowest BCUT2D eigenvalue weighted by atomic mass is 10.0. The summed E-state index contributed by atoms with van der Waals surface area (Å²) in [7, 11) is 3.38. The average Bonchev–Trinajstić information content (AvgIpc) is 2.53. The molecule has 2 nitrogen and oxygen atoms in total. The summed E-state index contributed by atoms with van der Waals surface area (Å²) in [6.07, 6.45) is 14.1. The molecule has 0 aliphatic heterocycles. The van der Waals surface area contributed by atoms with Gasteiger partial charge in [0.05, 0.1) is 12.7 Å². The molecule has 4 heteroatoms. The first-order chi connectivity index (χ1) is 10.6. The monoisotopic (exact) mass is 350 g/mol. The Hall–Kier alpha value is 0.620. The third kappa shape index (κ3) is 14.2. The number of rotatable bonds is 16. The predicted molar refractivity (Wildman–Crippen MR) is 104 cm³/mol.